The predicted molar refractivity (Wildman–Crippen MR) is 113 cm³/mol. The number of anilines is 1. The molecular weight excluding hydrogens is 348 g/mol. The number of rotatable bonds is 2. The van der Waals surface area contributed by atoms with Gasteiger partial charge < -0.3 is 19.6 Å². The number of morpholine rings is 1. The fourth-order valence-electron chi connectivity index (χ4n) is 4.65. The summed E-state index contributed by atoms with van der Waals surface area (Å²) in [6, 6.07) is 19.6. The minimum absolute atomic E-state index is 0.267. The Morgan fingerprint density at radius 1 is 0.964 bits per heavy atom. The Kier molecular flexibility index (Phi) is 4.46. The van der Waals surface area contributed by atoms with Gasteiger partial charge in [0.05, 0.1) is 18.9 Å². The fraction of sp³-hybridized carbons (Fsp3) is 0.333. The maximum absolute atomic E-state index is 11.1. The third-order valence-electron chi connectivity index (χ3n) is 6.12. The van der Waals surface area contributed by atoms with Crippen molar-refractivity contribution in [3.05, 3.63) is 71.3 Å². The van der Waals surface area contributed by atoms with Crippen molar-refractivity contribution < 1.29 is 9.84 Å². The van der Waals surface area contributed by atoms with E-state index in [2.05, 4.69) is 71.4 Å². The lowest BCUT2D eigenvalue weighted by Gasteiger charge is -2.36. The van der Waals surface area contributed by atoms with E-state index in [1.165, 1.54) is 21.9 Å². The second kappa shape index (κ2) is 7.12. The van der Waals surface area contributed by atoms with E-state index in [0.717, 1.165) is 50.6 Å². The highest BCUT2D eigenvalue weighted by Gasteiger charge is 2.29. The van der Waals surface area contributed by atoms with Gasteiger partial charge in [-0.25, -0.2) is 0 Å². The van der Waals surface area contributed by atoms with Gasteiger partial charge in [-0.3, -0.25) is 0 Å². The van der Waals surface area contributed by atoms with Crippen molar-refractivity contribution in [1.82, 2.24) is 4.90 Å². The quantitative estimate of drug-likeness (QED) is 0.737. The molecule has 1 saturated heterocycles. The minimum Gasteiger partial charge on any atom is -0.505 e. The third kappa shape index (κ3) is 3.03. The molecule has 0 spiro atoms. The molecule has 4 heteroatoms. The number of benzene rings is 3. The number of hydrogen-bond acceptors (Lipinski definition) is 4. The van der Waals surface area contributed by atoms with Crippen LogP contribution in [0.2, 0.25) is 0 Å². The monoisotopic (exact) mass is 374 g/mol. The van der Waals surface area contributed by atoms with E-state index in [1.807, 2.05) is 0 Å². The first-order valence-corrected chi connectivity index (χ1v) is 10.1. The van der Waals surface area contributed by atoms with Crippen molar-refractivity contribution in [3.63, 3.8) is 0 Å². The summed E-state index contributed by atoms with van der Waals surface area (Å²) in [6.07, 6.45) is 0. The normalized spacial score (nSPS) is 20.3. The van der Waals surface area contributed by atoms with Crippen LogP contribution in [0.4, 0.5) is 5.69 Å². The number of fused-ring (bicyclic) bond motifs is 2. The number of ether oxygens (including phenoxy) is 1. The first kappa shape index (κ1) is 17.5. The Labute approximate surface area is 166 Å². The SMILES string of the molecule is CN1Cc2c(ccc(N3CCOCC3)c2O)C(c2ccc3ccccc3c2)C1. The van der Waals surface area contributed by atoms with Crippen LogP contribution < -0.4 is 4.90 Å². The molecule has 0 bridgehead atoms. The van der Waals surface area contributed by atoms with E-state index < -0.39 is 0 Å². The Morgan fingerprint density at radius 3 is 2.57 bits per heavy atom. The van der Waals surface area contributed by atoms with Crippen LogP contribution in [0.25, 0.3) is 10.8 Å². The zero-order valence-corrected chi connectivity index (χ0v) is 16.3. The zero-order chi connectivity index (χ0) is 19.1. The Bertz CT molecular complexity index is 1010. The van der Waals surface area contributed by atoms with Crippen molar-refractivity contribution in [2.75, 3.05) is 44.8 Å². The maximum atomic E-state index is 11.1. The van der Waals surface area contributed by atoms with Crippen LogP contribution in [0.15, 0.2) is 54.6 Å². The van der Waals surface area contributed by atoms with Gasteiger partial charge in [0.1, 0.15) is 5.75 Å². The van der Waals surface area contributed by atoms with Crippen LogP contribution in [0, 0.1) is 0 Å². The van der Waals surface area contributed by atoms with E-state index in [9.17, 15) is 5.11 Å². The van der Waals surface area contributed by atoms with Crippen LogP contribution in [0.5, 0.6) is 5.75 Å². The number of aromatic hydroxyl groups is 1. The first-order valence-electron chi connectivity index (χ1n) is 10.1. The number of nitrogens with zero attached hydrogens (tertiary/aromatic N) is 2. The molecular formula is C24H26N2O2. The summed E-state index contributed by atoms with van der Waals surface area (Å²) < 4.78 is 5.47. The van der Waals surface area contributed by atoms with E-state index in [1.54, 1.807) is 0 Å². The van der Waals surface area contributed by atoms with E-state index in [0.29, 0.717) is 5.75 Å². The van der Waals surface area contributed by atoms with Crippen molar-refractivity contribution in [3.8, 4) is 5.75 Å². The zero-order valence-electron chi connectivity index (χ0n) is 16.3. The van der Waals surface area contributed by atoms with Crippen molar-refractivity contribution >= 4 is 16.5 Å². The Morgan fingerprint density at radius 2 is 1.75 bits per heavy atom. The highest BCUT2D eigenvalue weighted by Crippen LogP contribution is 2.42. The lowest BCUT2D eigenvalue weighted by molar-refractivity contribution is 0.122. The van der Waals surface area contributed by atoms with Crippen LogP contribution in [0.1, 0.15) is 22.6 Å². The third-order valence-corrected chi connectivity index (χ3v) is 6.12. The molecule has 3 aromatic rings. The van der Waals surface area contributed by atoms with Gasteiger partial charge in [-0.15, -0.1) is 0 Å². The van der Waals surface area contributed by atoms with Gasteiger partial charge in [0.25, 0.3) is 0 Å². The molecule has 1 fully saturated rings. The fourth-order valence-corrected chi connectivity index (χ4v) is 4.65. The molecule has 28 heavy (non-hydrogen) atoms. The minimum atomic E-state index is 0.267. The second-order valence-electron chi connectivity index (χ2n) is 7.96. The van der Waals surface area contributed by atoms with Gasteiger partial charge in [0, 0.05) is 37.7 Å². The summed E-state index contributed by atoms with van der Waals surface area (Å²) in [6.45, 7) is 4.84. The van der Waals surface area contributed by atoms with Crippen LogP contribution in [-0.2, 0) is 11.3 Å². The van der Waals surface area contributed by atoms with Crippen LogP contribution in [-0.4, -0.2) is 49.9 Å². The maximum Gasteiger partial charge on any atom is 0.143 e. The molecule has 0 amide bonds. The van der Waals surface area contributed by atoms with Gasteiger partial charge >= 0.3 is 0 Å². The van der Waals surface area contributed by atoms with Gasteiger partial charge in [-0.1, -0.05) is 48.5 Å². The lowest BCUT2D eigenvalue weighted by Crippen LogP contribution is -2.37. The molecule has 3 aromatic carbocycles. The molecule has 5 rings (SSSR count). The molecule has 0 saturated carbocycles. The lowest BCUT2D eigenvalue weighted by atomic mass is 9.83. The summed E-state index contributed by atoms with van der Waals surface area (Å²) in [4.78, 5) is 4.55. The van der Waals surface area contributed by atoms with Crippen molar-refractivity contribution in [2.24, 2.45) is 0 Å². The highest BCUT2D eigenvalue weighted by molar-refractivity contribution is 5.83. The molecule has 144 valence electrons. The molecule has 2 heterocycles. The number of likely N-dealkylation sites (N-methyl/N-ethyl adjacent to an activating group) is 1. The van der Waals surface area contributed by atoms with Gasteiger partial charge in [0.15, 0.2) is 0 Å². The summed E-state index contributed by atoms with van der Waals surface area (Å²) in [5, 5.41) is 13.7. The smallest absolute Gasteiger partial charge is 0.143 e. The number of phenols is 1. The highest BCUT2D eigenvalue weighted by atomic mass is 16.5. The van der Waals surface area contributed by atoms with Gasteiger partial charge in [-0.05, 0) is 35.0 Å². The number of hydrogen-bond donors (Lipinski definition) is 1. The standard InChI is InChI=1S/C24H26N2O2/c1-25-15-21(19-7-6-17-4-2-3-5-18(17)14-19)20-8-9-23(24(27)22(20)16-25)26-10-12-28-13-11-26/h2-9,14,21,27H,10-13,15-16H2,1H3. The molecule has 1 N–H and O–H groups in total. The van der Waals surface area contributed by atoms with Crippen molar-refractivity contribution in [1.29, 1.82) is 0 Å². The Hall–Kier alpha value is -2.56. The van der Waals surface area contributed by atoms with E-state index in [4.69, 9.17) is 4.74 Å². The molecule has 1 atom stereocenters. The summed E-state index contributed by atoms with van der Waals surface area (Å²) in [5.74, 6) is 0.708. The second-order valence-corrected chi connectivity index (χ2v) is 7.96. The molecule has 2 aliphatic rings. The molecule has 0 aliphatic carbocycles. The van der Waals surface area contributed by atoms with Crippen molar-refractivity contribution in [2.45, 2.75) is 12.5 Å². The van der Waals surface area contributed by atoms with Crippen LogP contribution in [0.3, 0.4) is 0 Å². The molecule has 0 aromatic heterocycles. The molecule has 0 radical (unpaired) electrons. The molecule has 2 aliphatic heterocycles. The first-order chi connectivity index (χ1) is 13.7. The summed E-state index contributed by atoms with van der Waals surface area (Å²) >= 11 is 0. The predicted octanol–water partition coefficient (Wildman–Crippen LogP) is 3.96. The topological polar surface area (TPSA) is 35.9 Å². The van der Waals surface area contributed by atoms with E-state index >= 15 is 0 Å². The van der Waals surface area contributed by atoms with Crippen LogP contribution >= 0.6 is 0 Å². The van der Waals surface area contributed by atoms with E-state index in [-0.39, 0.29) is 5.92 Å². The summed E-state index contributed by atoms with van der Waals surface area (Å²) in [7, 11) is 2.14. The summed E-state index contributed by atoms with van der Waals surface area (Å²) in [5.41, 5.74) is 4.57. The average molecular weight is 374 g/mol. The van der Waals surface area contributed by atoms with Gasteiger partial charge in [-0.2, -0.15) is 0 Å². The number of phenolic OH excluding ortho intramolecular Hbond substituents is 1. The Balaban J connectivity index is 1.57. The molecule has 4 nitrogen and oxygen atoms in total. The average Bonchev–Trinajstić information content (AvgIpc) is 2.74. The largest absolute Gasteiger partial charge is 0.505 e. The van der Waals surface area contributed by atoms with Gasteiger partial charge in [0.2, 0.25) is 0 Å². The molecule has 1 unspecified atom stereocenters.